The topological polar surface area (TPSA) is 144 Å². The third-order valence-electron chi connectivity index (χ3n) is 6.45. The fraction of sp³-hybridized carbons (Fsp3) is 0.400. The van der Waals surface area contributed by atoms with E-state index in [1.54, 1.807) is 69.3 Å². The smallest absolute Gasteiger partial charge is 0.413 e. The molecule has 3 atom stereocenters. The van der Waals surface area contributed by atoms with Gasteiger partial charge in [0.05, 0.1) is 13.2 Å². The van der Waals surface area contributed by atoms with Crippen LogP contribution in [0.5, 0.6) is 11.5 Å². The van der Waals surface area contributed by atoms with Crippen LogP contribution in [0.2, 0.25) is 0 Å². The number of rotatable bonds is 9. The molecule has 11 nitrogen and oxygen atoms in total. The second-order valence-electron chi connectivity index (χ2n) is 10.6. The molecule has 2 aromatic rings. The third-order valence-corrected chi connectivity index (χ3v) is 6.45. The number of amides is 3. The number of ether oxygens (including phenoxy) is 3. The van der Waals surface area contributed by atoms with Gasteiger partial charge in [-0.2, -0.15) is 0 Å². The van der Waals surface area contributed by atoms with Gasteiger partial charge >= 0.3 is 12.1 Å². The molecule has 0 aromatic heterocycles. The molecule has 0 bridgehead atoms. The number of hydrogen-bond acceptors (Lipinski definition) is 8. The number of esters is 1. The maximum atomic E-state index is 13.7. The Bertz CT molecular complexity index is 1300. The van der Waals surface area contributed by atoms with Crippen LogP contribution in [0.25, 0.3) is 0 Å². The molecule has 1 heterocycles. The normalized spacial score (nSPS) is 17.1. The monoisotopic (exact) mass is 565 g/mol. The van der Waals surface area contributed by atoms with Crippen LogP contribution >= 0.6 is 0 Å². The minimum atomic E-state index is -1.05. The van der Waals surface area contributed by atoms with Crippen LogP contribution in [-0.4, -0.2) is 72.3 Å². The molecule has 3 rings (SSSR count). The number of aliphatic hydroxyl groups excluding tert-OH is 1. The first-order chi connectivity index (χ1) is 19.4. The van der Waals surface area contributed by atoms with Crippen LogP contribution in [0, 0.1) is 17.8 Å². The van der Waals surface area contributed by atoms with E-state index < -0.39 is 47.5 Å². The number of nitrogens with one attached hydrogen (secondary N) is 2. The highest BCUT2D eigenvalue weighted by atomic mass is 16.6. The minimum absolute atomic E-state index is 0.000826. The predicted octanol–water partition coefficient (Wildman–Crippen LogP) is 2.00. The Hall–Kier alpha value is -4.56. The van der Waals surface area contributed by atoms with Crippen molar-refractivity contribution in [2.45, 2.75) is 51.9 Å². The van der Waals surface area contributed by atoms with Gasteiger partial charge in [0.25, 0.3) is 0 Å². The number of para-hydroxylation sites is 1. The van der Waals surface area contributed by atoms with Crippen LogP contribution in [0.4, 0.5) is 4.79 Å². The zero-order valence-electron chi connectivity index (χ0n) is 23.5. The van der Waals surface area contributed by atoms with E-state index in [1.807, 2.05) is 0 Å². The third kappa shape index (κ3) is 8.46. The van der Waals surface area contributed by atoms with Crippen LogP contribution in [0.3, 0.4) is 0 Å². The Kier molecular flexibility index (Phi) is 10.3. The molecule has 0 saturated carbocycles. The average molecular weight is 566 g/mol. The van der Waals surface area contributed by atoms with Crippen molar-refractivity contribution < 1.29 is 38.5 Å². The van der Waals surface area contributed by atoms with E-state index in [0.29, 0.717) is 22.6 Å². The number of benzene rings is 2. The minimum Gasteiger partial charge on any atom is -0.482 e. The van der Waals surface area contributed by atoms with Gasteiger partial charge in [-0.15, -0.1) is 6.42 Å². The lowest BCUT2D eigenvalue weighted by molar-refractivity contribution is -0.143. The Morgan fingerprint density at radius 3 is 2.49 bits per heavy atom. The molecule has 1 fully saturated rings. The number of nitrogens with zero attached hydrogens (tertiary/aromatic N) is 1. The van der Waals surface area contributed by atoms with E-state index in [9.17, 15) is 24.3 Å². The fourth-order valence-corrected chi connectivity index (χ4v) is 4.28. The number of methoxy groups -OCH3 is 1. The highest BCUT2D eigenvalue weighted by molar-refractivity contribution is 5.92. The molecule has 2 aromatic carbocycles. The molecule has 1 saturated heterocycles. The van der Waals surface area contributed by atoms with E-state index in [1.165, 1.54) is 12.0 Å². The van der Waals surface area contributed by atoms with Gasteiger partial charge in [-0.1, -0.05) is 51.0 Å². The van der Waals surface area contributed by atoms with Crippen molar-refractivity contribution in [1.29, 1.82) is 0 Å². The second-order valence-corrected chi connectivity index (χ2v) is 10.6. The van der Waals surface area contributed by atoms with E-state index in [2.05, 4.69) is 21.3 Å². The highest BCUT2D eigenvalue weighted by Crippen LogP contribution is 2.27. The fourth-order valence-electron chi connectivity index (χ4n) is 4.28. The highest BCUT2D eigenvalue weighted by Gasteiger charge is 2.44. The van der Waals surface area contributed by atoms with Crippen molar-refractivity contribution in [3.05, 3.63) is 59.7 Å². The van der Waals surface area contributed by atoms with Gasteiger partial charge in [0.2, 0.25) is 11.8 Å². The van der Waals surface area contributed by atoms with Crippen molar-refractivity contribution in [3.63, 3.8) is 0 Å². The molecule has 3 N–H and O–H groups in total. The van der Waals surface area contributed by atoms with Crippen molar-refractivity contribution in [2.75, 3.05) is 20.3 Å². The lowest BCUT2D eigenvalue weighted by Gasteiger charge is -2.35. The number of β-amino-alcohol motifs (C(OH)–C–C–N with tert-alkyl or cyclic N) is 1. The Morgan fingerprint density at radius 2 is 1.85 bits per heavy atom. The largest absolute Gasteiger partial charge is 0.482 e. The number of carbonyl (C=O) groups excluding carboxylic acids is 4. The molecule has 0 spiro atoms. The summed E-state index contributed by atoms with van der Waals surface area (Å²) in [6.07, 6.45) is 3.74. The molecule has 3 amide bonds. The zero-order valence-corrected chi connectivity index (χ0v) is 23.5. The van der Waals surface area contributed by atoms with Gasteiger partial charge in [0, 0.05) is 30.6 Å². The molecular weight excluding hydrogens is 530 g/mol. The molecule has 0 radical (unpaired) electrons. The van der Waals surface area contributed by atoms with Crippen molar-refractivity contribution in [1.82, 2.24) is 15.5 Å². The van der Waals surface area contributed by atoms with Crippen molar-refractivity contribution in [2.24, 2.45) is 5.41 Å². The Balaban J connectivity index is 1.73. The van der Waals surface area contributed by atoms with Crippen molar-refractivity contribution in [3.8, 4) is 23.8 Å². The first-order valence-corrected chi connectivity index (χ1v) is 13.0. The number of hydrogen-bond donors (Lipinski definition) is 3. The second kappa shape index (κ2) is 13.7. The lowest BCUT2D eigenvalue weighted by atomic mass is 9.85. The molecule has 41 heavy (non-hydrogen) atoms. The van der Waals surface area contributed by atoms with Gasteiger partial charge < -0.3 is 34.9 Å². The predicted molar refractivity (Wildman–Crippen MR) is 149 cm³/mol. The summed E-state index contributed by atoms with van der Waals surface area (Å²) in [6.45, 7) is 4.89. The quantitative estimate of drug-likeness (QED) is 0.310. The van der Waals surface area contributed by atoms with E-state index in [0.717, 1.165) is 0 Å². The standard InChI is InChI=1S/C30H35N3O8/c1-6-19-12-13-20(24(14-19)40-18-25(35)39-5)16-31-27(36)23-15-21(34)17-33(23)28(37)26(30(2,3)4)32-29(38)41-22-10-8-7-9-11-22/h1,7-14,21,23,26,34H,15-18H2,2-5H3,(H,31,36)(H,32,38)/t21-,23+,26-/m1/s1. The molecule has 0 unspecified atom stereocenters. The molecule has 1 aliphatic rings. The summed E-state index contributed by atoms with van der Waals surface area (Å²) < 4.78 is 15.4. The lowest BCUT2D eigenvalue weighted by Crippen LogP contribution is -2.58. The van der Waals surface area contributed by atoms with Gasteiger partial charge in [0.15, 0.2) is 6.61 Å². The first kappa shape index (κ1) is 31.0. The Morgan fingerprint density at radius 1 is 1.15 bits per heavy atom. The Labute approximate surface area is 239 Å². The first-order valence-electron chi connectivity index (χ1n) is 13.0. The van der Waals surface area contributed by atoms with E-state index >= 15 is 0 Å². The maximum Gasteiger partial charge on any atom is 0.413 e. The van der Waals surface area contributed by atoms with Gasteiger partial charge in [-0.05, 0) is 29.7 Å². The average Bonchev–Trinajstić information content (AvgIpc) is 3.34. The SMILES string of the molecule is C#Cc1ccc(CNC(=O)[C@@H]2C[C@@H](O)CN2C(=O)[C@@H](NC(=O)Oc2ccccc2)C(C)(C)C)c(OCC(=O)OC)c1. The van der Waals surface area contributed by atoms with Crippen LogP contribution in [-0.2, 0) is 25.7 Å². The molecule has 218 valence electrons. The zero-order chi connectivity index (χ0) is 30.2. The maximum absolute atomic E-state index is 13.7. The summed E-state index contributed by atoms with van der Waals surface area (Å²) in [5, 5.41) is 15.8. The van der Waals surface area contributed by atoms with Gasteiger partial charge in [-0.25, -0.2) is 9.59 Å². The molecule has 1 aliphatic heterocycles. The number of carbonyl (C=O) groups is 4. The van der Waals surface area contributed by atoms with Crippen LogP contribution < -0.4 is 20.1 Å². The van der Waals surface area contributed by atoms with Gasteiger partial charge in [0.1, 0.15) is 23.6 Å². The summed E-state index contributed by atoms with van der Waals surface area (Å²) >= 11 is 0. The van der Waals surface area contributed by atoms with Crippen molar-refractivity contribution >= 4 is 23.9 Å². The summed E-state index contributed by atoms with van der Waals surface area (Å²) in [5.41, 5.74) is 0.309. The molecule has 11 heteroatoms. The number of likely N-dealkylation sites (tertiary alicyclic amines) is 1. The van der Waals surface area contributed by atoms with Crippen LogP contribution in [0.1, 0.15) is 38.3 Å². The number of aliphatic hydroxyl groups is 1. The molecular formula is C30H35N3O8. The van der Waals surface area contributed by atoms with Crippen LogP contribution in [0.15, 0.2) is 48.5 Å². The summed E-state index contributed by atoms with van der Waals surface area (Å²) in [5.74, 6) is 1.46. The molecule has 0 aliphatic carbocycles. The summed E-state index contributed by atoms with van der Waals surface area (Å²) in [7, 11) is 1.24. The summed E-state index contributed by atoms with van der Waals surface area (Å²) in [6, 6.07) is 11.3. The number of terminal acetylenes is 1. The summed E-state index contributed by atoms with van der Waals surface area (Å²) in [4.78, 5) is 52.4. The van der Waals surface area contributed by atoms with E-state index in [4.69, 9.17) is 15.9 Å². The van der Waals surface area contributed by atoms with Gasteiger partial charge in [-0.3, -0.25) is 9.59 Å². The van der Waals surface area contributed by atoms with E-state index in [-0.39, 0.29) is 26.1 Å².